The molecule has 1 aliphatic carbocycles. The van der Waals surface area contributed by atoms with Crippen molar-refractivity contribution in [2.75, 3.05) is 46.1 Å². The van der Waals surface area contributed by atoms with Crippen molar-refractivity contribution >= 4 is 16.8 Å². The van der Waals surface area contributed by atoms with Crippen molar-refractivity contribution in [2.45, 2.75) is 50.0 Å². The molecule has 0 amide bonds. The lowest BCUT2D eigenvalue weighted by molar-refractivity contribution is -0.0161. The zero-order valence-electron chi connectivity index (χ0n) is 14.7. The Morgan fingerprint density at radius 1 is 1.43 bits per heavy atom. The summed E-state index contributed by atoms with van der Waals surface area (Å²) in [6, 6.07) is 0.366. The van der Waals surface area contributed by atoms with E-state index in [1.54, 1.807) is 7.05 Å². The van der Waals surface area contributed by atoms with Crippen molar-refractivity contribution in [3.63, 3.8) is 0 Å². The summed E-state index contributed by atoms with van der Waals surface area (Å²) in [5.74, 6) is 1.59. The minimum atomic E-state index is -0.688. The third kappa shape index (κ3) is 6.04. The van der Waals surface area contributed by atoms with E-state index in [1.807, 2.05) is 6.92 Å². The van der Waals surface area contributed by atoms with E-state index >= 15 is 0 Å². The Labute approximate surface area is 142 Å². The molecule has 134 valence electrons. The van der Waals surface area contributed by atoms with Crippen LogP contribution in [0.25, 0.3) is 0 Å². The normalized spacial score (nSPS) is 31.6. The van der Waals surface area contributed by atoms with Gasteiger partial charge in [-0.05, 0) is 26.3 Å². The molecule has 0 aromatic rings. The van der Waals surface area contributed by atoms with E-state index in [0.717, 1.165) is 63.6 Å². The molecule has 0 aromatic heterocycles. The van der Waals surface area contributed by atoms with Crippen LogP contribution in [0.15, 0.2) is 4.99 Å². The third-order valence-electron chi connectivity index (χ3n) is 4.69. The highest BCUT2D eigenvalue weighted by Crippen LogP contribution is 2.22. The van der Waals surface area contributed by atoms with Gasteiger partial charge in [0.05, 0.1) is 12.7 Å². The fourth-order valence-electron chi connectivity index (χ4n) is 3.34. The summed E-state index contributed by atoms with van der Waals surface area (Å²) in [6.45, 7) is 5.52. The molecule has 4 unspecified atom stereocenters. The molecule has 0 aromatic carbocycles. The van der Waals surface area contributed by atoms with Gasteiger partial charge in [0.15, 0.2) is 5.96 Å². The van der Waals surface area contributed by atoms with Crippen molar-refractivity contribution in [3.05, 3.63) is 0 Å². The SMILES string of the molecule is CCS(=O)C1CCCC(NC(=NC)NCC2CN(C)CCO2)C1. The quantitative estimate of drug-likeness (QED) is 0.564. The van der Waals surface area contributed by atoms with Crippen LogP contribution in [0.1, 0.15) is 32.6 Å². The Morgan fingerprint density at radius 3 is 2.96 bits per heavy atom. The lowest BCUT2D eigenvalue weighted by atomic mass is 9.95. The minimum Gasteiger partial charge on any atom is -0.374 e. The molecule has 23 heavy (non-hydrogen) atoms. The maximum atomic E-state index is 12.0. The maximum Gasteiger partial charge on any atom is 0.191 e. The van der Waals surface area contributed by atoms with Gasteiger partial charge in [0.25, 0.3) is 0 Å². The summed E-state index contributed by atoms with van der Waals surface area (Å²) in [5, 5.41) is 7.21. The molecule has 1 aliphatic heterocycles. The van der Waals surface area contributed by atoms with Crippen LogP contribution in [0.5, 0.6) is 0 Å². The van der Waals surface area contributed by atoms with Crippen LogP contribution in [-0.2, 0) is 15.5 Å². The van der Waals surface area contributed by atoms with Crippen molar-refractivity contribution in [1.29, 1.82) is 0 Å². The average Bonchev–Trinajstić information content (AvgIpc) is 2.58. The van der Waals surface area contributed by atoms with Crippen molar-refractivity contribution < 1.29 is 8.95 Å². The second-order valence-electron chi connectivity index (χ2n) is 6.51. The zero-order chi connectivity index (χ0) is 16.7. The Balaban J connectivity index is 1.76. The first kappa shape index (κ1) is 18.7. The van der Waals surface area contributed by atoms with Gasteiger partial charge >= 0.3 is 0 Å². The number of ether oxygens (including phenoxy) is 1. The largest absolute Gasteiger partial charge is 0.374 e. The number of likely N-dealkylation sites (N-methyl/N-ethyl adjacent to an activating group) is 1. The molecular weight excluding hydrogens is 312 g/mol. The number of aliphatic imine (C=N–C) groups is 1. The predicted molar refractivity (Wildman–Crippen MR) is 96.5 cm³/mol. The highest BCUT2D eigenvalue weighted by molar-refractivity contribution is 7.85. The fourth-order valence-corrected chi connectivity index (χ4v) is 4.69. The van der Waals surface area contributed by atoms with Crippen LogP contribution in [0.4, 0.5) is 0 Å². The number of hydrogen-bond acceptors (Lipinski definition) is 4. The molecule has 0 radical (unpaired) electrons. The Hall–Kier alpha value is -0.660. The van der Waals surface area contributed by atoms with Crippen LogP contribution < -0.4 is 10.6 Å². The van der Waals surface area contributed by atoms with Crippen LogP contribution >= 0.6 is 0 Å². The highest BCUT2D eigenvalue weighted by Gasteiger charge is 2.26. The number of morpholine rings is 1. The van der Waals surface area contributed by atoms with Crippen molar-refractivity contribution in [3.8, 4) is 0 Å². The van der Waals surface area contributed by atoms with Gasteiger partial charge in [0, 0.05) is 54.5 Å². The third-order valence-corrected chi connectivity index (χ3v) is 6.43. The van der Waals surface area contributed by atoms with E-state index in [9.17, 15) is 4.21 Å². The van der Waals surface area contributed by atoms with Gasteiger partial charge in [-0.1, -0.05) is 13.3 Å². The van der Waals surface area contributed by atoms with Crippen LogP contribution in [-0.4, -0.2) is 78.6 Å². The average molecular weight is 345 g/mol. The molecule has 1 heterocycles. The van der Waals surface area contributed by atoms with E-state index in [4.69, 9.17) is 4.74 Å². The number of nitrogens with zero attached hydrogens (tertiary/aromatic N) is 2. The molecule has 1 saturated carbocycles. The molecule has 2 N–H and O–H groups in total. The summed E-state index contributed by atoms with van der Waals surface area (Å²) >= 11 is 0. The Bertz CT molecular complexity index is 419. The monoisotopic (exact) mass is 344 g/mol. The van der Waals surface area contributed by atoms with Crippen LogP contribution in [0.3, 0.4) is 0 Å². The molecule has 2 fully saturated rings. The molecule has 1 saturated heterocycles. The van der Waals surface area contributed by atoms with Crippen LogP contribution in [0.2, 0.25) is 0 Å². The van der Waals surface area contributed by atoms with Crippen molar-refractivity contribution in [1.82, 2.24) is 15.5 Å². The summed E-state index contributed by atoms with van der Waals surface area (Å²) in [7, 11) is 3.23. The van der Waals surface area contributed by atoms with Crippen molar-refractivity contribution in [2.24, 2.45) is 4.99 Å². The summed E-state index contributed by atoms with van der Waals surface area (Å²) < 4.78 is 17.8. The van der Waals surface area contributed by atoms with Gasteiger partial charge in [-0.15, -0.1) is 0 Å². The molecule has 2 rings (SSSR count). The van der Waals surface area contributed by atoms with E-state index in [2.05, 4.69) is 27.6 Å². The lowest BCUT2D eigenvalue weighted by Crippen LogP contribution is -2.51. The minimum absolute atomic E-state index is 0.207. The molecule has 2 aliphatic rings. The molecule has 6 nitrogen and oxygen atoms in total. The van der Waals surface area contributed by atoms with Crippen LogP contribution in [0, 0.1) is 0 Å². The zero-order valence-corrected chi connectivity index (χ0v) is 15.5. The summed E-state index contributed by atoms with van der Waals surface area (Å²) in [4.78, 5) is 6.61. The fraction of sp³-hybridized carbons (Fsp3) is 0.938. The smallest absolute Gasteiger partial charge is 0.191 e. The van der Waals surface area contributed by atoms with Gasteiger partial charge in [-0.25, -0.2) is 0 Å². The van der Waals surface area contributed by atoms with Gasteiger partial charge in [0.2, 0.25) is 0 Å². The van der Waals surface area contributed by atoms with Gasteiger partial charge in [0.1, 0.15) is 0 Å². The number of nitrogens with one attached hydrogen (secondary N) is 2. The topological polar surface area (TPSA) is 66.0 Å². The standard InChI is InChI=1S/C16H32N4O2S/c1-4-23(21)15-7-5-6-13(10-15)19-16(17-2)18-11-14-12-20(3)8-9-22-14/h13-15H,4-12H2,1-3H3,(H2,17,18,19). The Kier molecular flexibility index (Phi) is 7.79. The number of hydrogen-bond donors (Lipinski definition) is 2. The predicted octanol–water partition coefficient (Wildman–Crippen LogP) is 0.562. The number of guanidine groups is 1. The summed E-state index contributed by atoms with van der Waals surface area (Å²) in [6.07, 6.45) is 4.54. The van der Waals surface area contributed by atoms with E-state index in [-0.39, 0.29) is 6.10 Å². The second kappa shape index (κ2) is 9.59. The molecule has 4 atom stereocenters. The summed E-state index contributed by atoms with van der Waals surface area (Å²) in [5.41, 5.74) is 0. The molecule has 0 bridgehead atoms. The van der Waals surface area contributed by atoms with Gasteiger partial charge in [-0.3, -0.25) is 9.20 Å². The lowest BCUT2D eigenvalue weighted by Gasteiger charge is -2.32. The number of rotatable bonds is 5. The molecular formula is C16H32N4O2S. The first-order chi connectivity index (χ1) is 11.1. The first-order valence-corrected chi connectivity index (χ1v) is 10.1. The maximum absolute atomic E-state index is 12.0. The van der Waals surface area contributed by atoms with E-state index in [1.165, 1.54) is 0 Å². The molecule has 7 heteroatoms. The van der Waals surface area contributed by atoms with Gasteiger partial charge in [-0.2, -0.15) is 0 Å². The van der Waals surface area contributed by atoms with Gasteiger partial charge < -0.3 is 20.3 Å². The Morgan fingerprint density at radius 2 is 2.26 bits per heavy atom. The van der Waals surface area contributed by atoms with E-state index < -0.39 is 10.8 Å². The second-order valence-corrected chi connectivity index (χ2v) is 8.51. The van der Waals surface area contributed by atoms with E-state index in [0.29, 0.717) is 11.3 Å². The molecule has 0 spiro atoms. The first-order valence-electron chi connectivity index (χ1n) is 8.76. The highest BCUT2D eigenvalue weighted by atomic mass is 32.2.